The standard InChI is InChI=1S/C18H17ClFNO5/c1-11(22)21-14-7-8-15(12(19)9-13(14)20)26-17-6-4-3-5-16(17)25-10-18(23)24-2/h3-7,9H,8,10H2,1-2H3,(H,21,22). The van der Waals surface area contributed by atoms with E-state index in [9.17, 15) is 14.0 Å². The van der Waals surface area contributed by atoms with Crippen molar-refractivity contribution in [2.24, 2.45) is 0 Å². The predicted octanol–water partition coefficient (Wildman–Crippen LogP) is 3.34. The minimum atomic E-state index is -0.681. The average Bonchev–Trinajstić information content (AvgIpc) is 2.73. The molecule has 1 aliphatic carbocycles. The van der Waals surface area contributed by atoms with E-state index in [2.05, 4.69) is 10.1 Å². The van der Waals surface area contributed by atoms with Crippen molar-refractivity contribution < 1.29 is 28.2 Å². The Balaban J connectivity index is 2.20. The van der Waals surface area contributed by atoms with Crippen LogP contribution in [0.1, 0.15) is 13.3 Å². The number of amides is 1. The van der Waals surface area contributed by atoms with Gasteiger partial charge in [0.1, 0.15) is 11.6 Å². The molecule has 8 heteroatoms. The maximum atomic E-state index is 14.1. The molecule has 0 aromatic heterocycles. The molecule has 138 valence electrons. The zero-order chi connectivity index (χ0) is 19.1. The Bertz CT molecular complexity index is 801. The van der Waals surface area contributed by atoms with E-state index in [0.29, 0.717) is 11.5 Å². The highest BCUT2D eigenvalue weighted by atomic mass is 35.5. The fraction of sp³-hybridized carbons (Fsp3) is 0.222. The summed E-state index contributed by atoms with van der Waals surface area (Å²) in [5, 5.41) is 2.43. The number of hydrogen-bond donors (Lipinski definition) is 1. The molecule has 0 saturated heterocycles. The van der Waals surface area contributed by atoms with Crippen molar-refractivity contribution in [3.8, 4) is 11.5 Å². The highest BCUT2D eigenvalue weighted by Gasteiger charge is 2.17. The highest BCUT2D eigenvalue weighted by molar-refractivity contribution is 6.31. The van der Waals surface area contributed by atoms with Gasteiger partial charge in [-0.3, -0.25) is 4.79 Å². The molecule has 26 heavy (non-hydrogen) atoms. The predicted molar refractivity (Wildman–Crippen MR) is 93.2 cm³/mol. The molecule has 6 nitrogen and oxygen atoms in total. The summed E-state index contributed by atoms with van der Waals surface area (Å²) in [5.41, 5.74) is 0.0180. The van der Waals surface area contributed by atoms with Crippen LogP contribution in [-0.2, 0) is 14.3 Å². The maximum absolute atomic E-state index is 14.1. The molecule has 0 radical (unpaired) electrons. The number of methoxy groups -OCH3 is 1. The van der Waals surface area contributed by atoms with Crippen LogP contribution in [0.4, 0.5) is 4.39 Å². The van der Waals surface area contributed by atoms with Crippen LogP contribution in [-0.4, -0.2) is 25.6 Å². The molecule has 1 aromatic rings. The summed E-state index contributed by atoms with van der Waals surface area (Å²) in [6, 6.07) is 6.64. The van der Waals surface area contributed by atoms with Gasteiger partial charge in [-0.25, -0.2) is 9.18 Å². The molecular formula is C18H17ClFNO5. The smallest absolute Gasteiger partial charge is 0.343 e. The van der Waals surface area contributed by atoms with Crippen LogP contribution in [0.5, 0.6) is 11.5 Å². The van der Waals surface area contributed by atoms with Crippen LogP contribution in [0.25, 0.3) is 0 Å². The van der Waals surface area contributed by atoms with Gasteiger partial charge in [0.2, 0.25) is 5.91 Å². The molecule has 0 heterocycles. The van der Waals surface area contributed by atoms with E-state index in [0.717, 1.165) is 6.08 Å². The number of hydrogen-bond acceptors (Lipinski definition) is 5. The van der Waals surface area contributed by atoms with Crippen molar-refractivity contribution >= 4 is 23.5 Å². The highest BCUT2D eigenvalue weighted by Crippen LogP contribution is 2.32. The van der Waals surface area contributed by atoms with Crippen molar-refractivity contribution in [1.82, 2.24) is 5.32 Å². The number of ether oxygens (including phenoxy) is 3. The van der Waals surface area contributed by atoms with Crippen LogP contribution in [0.2, 0.25) is 0 Å². The molecule has 0 saturated carbocycles. The molecule has 0 bridgehead atoms. The molecule has 0 atom stereocenters. The summed E-state index contributed by atoms with van der Waals surface area (Å²) >= 11 is 6.11. The number of carbonyl (C=O) groups excluding carboxylic acids is 2. The SMILES string of the molecule is COC(=O)COc1ccccc1OC1=C(Cl)C=C(F)C(NC(C)=O)=CC1. The number of para-hydroxylation sites is 2. The van der Waals surface area contributed by atoms with Crippen molar-refractivity contribution in [2.45, 2.75) is 13.3 Å². The van der Waals surface area contributed by atoms with Crippen LogP contribution in [0, 0.1) is 0 Å². The summed E-state index contributed by atoms with van der Waals surface area (Å²) in [6.07, 6.45) is 2.66. The van der Waals surface area contributed by atoms with Gasteiger partial charge in [-0.05, 0) is 18.2 Å². The first kappa shape index (κ1) is 19.5. The first-order valence-corrected chi connectivity index (χ1v) is 7.99. The molecular weight excluding hydrogens is 365 g/mol. The van der Waals surface area contributed by atoms with E-state index in [1.54, 1.807) is 24.3 Å². The third-order valence-corrected chi connectivity index (χ3v) is 3.55. The van der Waals surface area contributed by atoms with Crippen molar-refractivity contribution in [3.63, 3.8) is 0 Å². The quantitative estimate of drug-likeness (QED) is 0.765. The third-order valence-electron chi connectivity index (χ3n) is 3.23. The van der Waals surface area contributed by atoms with Gasteiger partial charge in [-0.2, -0.15) is 0 Å². The minimum absolute atomic E-state index is 0.0180. The fourth-order valence-electron chi connectivity index (χ4n) is 2.03. The van der Waals surface area contributed by atoms with Gasteiger partial charge in [0.25, 0.3) is 0 Å². The Hall–Kier alpha value is -2.80. The summed E-state index contributed by atoms with van der Waals surface area (Å²) < 4.78 is 29.7. The minimum Gasteiger partial charge on any atom is -0.478 e. The van der Waals surface area contributed by atoms with E-state index in [-0.39, 0.29) is 29.5 Å². The first-order valence-electron chi connectivity index (χ1n) is 7.61. The van der Waals surface area contributed by atoms with Crippen molar-refractivity contribution in [3.05, 3.63) is 58.7 Å². The van der Waals surface area contributed by atoms with E-state index in [1.165, 1.54) is 20.1 Å². The summed E-state index contributed by atoms with van der Waals surface area (Å²) in [7, 11) is 1.25. The topological polar surface area (TPSA) is 73.9 Å². The number of carbonyl (C=O) groups is 2. The van der Waals surface area contributed by atoms with Gasteiger partial charge in [-0.15, -0.1) is 0 Å². The fourth-order valence-corrected chi connectivity index (χ4v) is 2.24. The van der Waals surface area contributed by atoms with Crippen LogP contribution >= 0.6 is 11.6 Å². The average molecular weight is 382 g/mol. The number of rotatable bonds is 6. The monoisotopic (exact) mass is 381 g/mol. The molecule has 0 spiro atoms. The summed E-state index contributed by atoms with van der Waals surface area (Å²) in [4.78, 5) is 22.4. The number of allylic oxidation sites excluding steroid dienone is 4. The van der Waals surface area contributed by atoms with E-state index < -0.39 is 17.7 Å². The van der Waals surface area contributed by atoms with Gasteiger partial charge >= 0.3 is 5.97 Å². The van der Waals surface area contributed by atoms with E-state index >= 15 is 0 Å². The van der Waals surface area contributed by atoms with Gasteiger partial charge in [0.15, 0.2) is 18.1 Å². The zero-order valence-electron chi connectivity index (χ0n) is 14.2. The normalized spacial score (nSPS) is 14.0. The Kier molecular flexibility index (Phi) is 6.80. The second-order valence-corrected chi connectivity index (χ2v) is 5.59. The molecule has 1 N–H and O–H groups in total. The molecule has 0 unspecified atom stereocenters. The number of esters is 1. The third kappa shape index (κ3) is 5.35. The Morgan fingerprint density at radius 3 is 2.62 bits per heavy atom. The molecule has 1 aromatic carbocycles. The van der Waals surface area contributed by atoms with Gasteiger partial charge in [0.05, 0.1) is 17.8 Å². The lowest BCUT2D eigenvalue weighted by molar-refractivity contribution is -0.142. The summed E-state index contributed by atoms with van der Waals surface area (Å²) in [6.45, 7) is 0.991. The second kappa shape index (κ2) is 9.05. The van der Waals surface area contributed by atoms with Gasteiger partial charge in [0, 0.05) is 13.3 Å². The molecule has 0 aliphatic heterocycles. The Morgan fingerprint density at radius 2 is 1.96 bits per heavy atom. The lowest BCUT2D eigenvalue weighted by Gasteiger charge is -2.13. The zero-order valence-corrected chi connectivity index (χ0v) is 14.9. The van der Waals surface area contributed by atoms with Crippen LogP contribution in [0.3, 0.4) is 0 Å². The second-order valence-electron chi connectivity index (χ2n) is 5.18. The maximum Gasteiger partial charge on any atom is 0.343 e. The van der Waals surface area contributed by atoms with E-state index in [1.807, 2.05) is 0 Å². The lowest BCUT2D eigenvalue weighted by Crippen LogP contribution is -2.19. The largest absolute Gasteiger partial charge is 0.478 e. The van der Waals surface area contributed by atoms with E-state index in [4.69, 9.17) is 21.1 Å². The van der Waals surface area contributed by atoms with Crippen LogP contribution in [0.15, 0.2) is 58.7 Å². The van der Waals surface area contributed by atoms with Gasteiger partial charge < -0.3 is 19.5 Å². The molecule has 2 rings (SSSR count). The Labute approximate surface area is 154 Å². The first-order chi connectivity index (χ1) is 12.4. The van der Waals surface area contributed by atoms with Gasteiger partial charge in [-0.1, -0.05) is 29.8 Å². The molecule has 1 aliphatic rings. The number of nitrogens with one attached hydrogen (secondary N) is 1. The lowest BCUT2D eigenvalue weighted by atomic mass is 10.3. The number of halogens is 2. The van der Waals surface area contributed by atoms with Crippen molar-refractivity contribution in [1.29, 1.82) is 0 Å². The van der Waals surface area contributed by atoms with Crippen LogP contribution < -0.4 is 14.8 Å². The van der Waals surface area contributed by atoms with Crippen molar-refractivity contribution in [2.75, 3.05) is 13.7 Å². The molecule has 0 fully saturated rings. The number of benzene rings is 1. The Morgan fingerprint density at radius 1 is 1.27 bits per heavy atom. The molecule has 1 amide bonds. The summed E-state index contributed by atoms with van der Waals surface area (Å²) in [5.74, 6) is -0.763.